The summed E-state index contributed by atoms with van der Waals surface area (Å²) in [6.07, 6.45) is 6.27. The van der Waals surface area contributed by atoms with Crippen LogP contribution in [0.15, 0.2) is 0 Å². The maximum absolute atomic E-state index is 13.6. The number of carbonyl (C=O) groups excluding carboxylic acids is 3. The van der Waals surface area contributed by atoms with Crippen LogP contribution in [0.4, 0.5) is 0 Å². The zero-order valence-corrected chi connectivity index (χ0v) is 17.1. The van der Waals surface area contributed by atoms with Gasteiger partial charge in [-0.05, 0) is 67.6 Å². The minimum atomic E-state index is -0.238. The fourth-order valence-electron chi connectivity index (χ4n) is 7.45. The molecular formula is C21H29BrO3. The number of halogens is 1. The molecule has 4 aliphatic carbocycles. The van der Waals surface area contributed by atoms with Crippen LogP contribution in [0.5, 0.6) is 0 Å². The summed E-state index contributed by atoms with van der Waals surface area (Å²) in [7, 11) is 0. The average molecular weight is 409 g/mol. The van der Waals surface area contributed by atoms with Gasteiger partial charge >= 0.3 is 0 Å². The van der Waals surface area contributed by atoms with Crippen molar-refractivity contribution in [3.05, 3.63) is 0 Å². The first-order chi connectivity index (χ1) is 11.7. The summed E-state index contributed by atoms with van der Waals surface area (Å²) in [5.74, 6) is 2.21. The normalized spacial score (nSPS) is 52.3. The molecule has 0 amide bonds. The number of hydrogen-bond acceptors (Lipinski definition) is 3. The molecular weight excluding hydrogens is 380 g/mol. The van der Waals surface area contributed by atoms with E-state index in [9.17, 15) is 14.4 Å². The number of hydrogen-bond donors (Lipinski definition) is 0. The van der Waals surface area contributed by atoms with E-state index in [2.05, 4.69) is 29.8 Å². The van der Waals surface area contributed by atoms with E-state index in [0.717, 1.165) is 32.1 Å². The molecule has 3 nitrogen and oxygen atoms in total. The van der Waals surface area contributed by atoms with Crippen LogP contribution in [-0.2, 0) is 14.4 Å². The number of carbonyl (C=O) groups is 3. The molecule has 0 bridgehead atoms. The fraction of sp³-hybridized carbons (Fsp3) is 0.857. The standard InChI is InChI=1S/C21H29BrO3/c1-11(23)15-6-7-16-14-5-4-12-10-13(24)8-9-20(12,2)17(14)18(25)19(22)21(15,16)3/h12,14-17,19H,4-10H2,1-3H3/t12?,14-,15+,16-,17+,19-,20-,21+/m0/s1. The van der Waals surface area contributed by atoms with E-state index in [1.54, 1.807) is 6.92 Å². The molecule has 0 heterocycles. The SMILES string of the molecule is CC(=O)[C@H]1CC[C@H]2[C@@H]3CCC4CC(=O)CC[C@]4(C)[C@H]3C(=O)[C@H](Br)[C@]12C. The molecule has 4 saturated carbocycles. The van der Waals surface area contributed by atoms with Gasteiger partial charge in [-0.1, -0.05) is 29.8 Å². The minimum Gasteiger partial charge on any atom is -0.300 e. The van der Waals surface area contributed by atoms with Crippen molar-refractivity contribution >= 4 is 33.3 Å². The van der Waals surface area contributed by atoms with E-state index < -0.39 is 0 Å². The molecule has 0 N–H and O–H groups in total. The van der Waals surface area contributed by atoms with Gasteiger partial charge in [-0.15, -0.1) is 0 Å². The Balaban J connectivity index is 1.75. The number of rotatable bonds is 1. The highest BCUT2D eigenvalue weighted by atomic mass is 79.9. The van der Waals surface area contributed by atoms with Crippen LogP contribution in [0, 0.1) is 40.4 Å². The lowest BCUT2D eigenvalue weighted by molar-refractivity contribution is -0.159. The van der Waals surface area contributed by atoms with E-state index in [-0.39, 0.29) is 33.3 Å². The smallest absolute Gasteiger partial charge is 0.150 e. The van der Waals surface area contributed by atoms with Crippen LogP contribution < -0.4 is 0 Å². The quantitative estimate of drug-likeness (QED) is 0.605. The van der Waals surface area contributed by atoms with Gasteiger partial charge < -0.3 is 0 Å². The third-order valence-corrected chi connectivity index (χ3v) is 10.2. The predicted octanol–water partition coefficient (Wildman–Crippen LogP) is 4.36. The Bertz CT molecular complexity index is 643. The summed E-state index contributed by atoms with van der Waals surface area (Å²) < 4.78 is 0. The van der Waals surface area contributed by atoms with Gasteiger partial charge in [-0.2, -0.15) is 0 Å². The van der Waals surface area contributed by atoms with Gasteiger partial charge in [0.05, 0.1) is 4.83 Å². The molecule has 0 saturated heterocycles. The van der Waals surface area contributed by atoms with Gasteiger partial charge in [-0.25, -0.2) is 0 Å². The van der Waals surface area contributed by atoms with E-state index in [0.29, 0.717) is 42.2 Å². The number of fused-ring (bicyclic) bond motifs is 5. The van der Waals surface area contributed by atoms with Gasteiger partial charge in [0.2, 0.25) is 0 Å². The monoisotopic (exact) mass is 408 g/mol. The largest absolute Gasteiger partial charge is 0.300 e. The lowest BCUT2D eigenvalue weighted by Gasteiger charge is -2.60. The van der Waals surface area contributed by atoms with Gasteiger partial charge in [0.15, 0.2) is 5.78 Å². The third-order valence-electron chi connectivity index (χ3n) is 8.76. The van der Waals surface area contributed by atoms with E-state index >= 15 is 0 Å². The molecule has 138 valence electrons. The van der Waals surface area contributed by atoms with E-state index in [4.69, 9.17) is 0 Å². The summed E-state index contributed by atoms with van der Waals surface area (Å²) in [5.41, 5.74) is -0.270. The summed E-state index contributed by atoms with van der Waals surface area (Å²) in [6, 6.07) is 0. The first kappa shape index (κ1) is 17.9. The van der Waals surface area contributed by atoms with Crippen molar-refractivity contribution in [1.82, 2.24) is 0 Å². The molecule has 4 aliphatic rings. The Morgan fingerprint density at radius 2 is 1.84 bits per heavy atom. The van der Waals surface area contributed by atoms with E-state index in [1.807, 2.05) is 0 Å². The zero-order chi connectivity index (χ0) is 18.1. The second-order valence-corrected chi connectivity index (χ2v) is 10.6. The first-order valence-corrected chi connectivity index (χ1v) is 10.8. The van der Waals surface area contributed by atoms with Crippen molar-refractivity contribution in [3.8, 4) is 0 Å². The highest BCUT2D eigenvalue weighted by Gasteiger charge is 2.67. The highest BCUT2D eigenvalue weighted by molar-refractivity contribution is 9.10. The molecule has 25 heavy (non-hydrogen) atoms. The average Bonchev–Trinajstić information content (AvgIpc) is 2.91. The molecule has 0 aromatic heterocycles. The van der Waals surface area contributed by atoms with Crippen molar-refractivity contribution in [1.29, 1.82) is 0 Å². The van der Waals surface area contributed by atoms with Gasteiger partial charge in [0.1, 0.15) is 11.6 Å². The summed E-state index contributed by atoms with van der Waals surface area (Å²) >= 11 is 3.77. The Morgan fingerprint density at radius 3 is 2.52 bits per heavy atom. The van der Waals surface area contributed by atoms with Gasteiger partial charge in [0, 0.05) is 24.7 Å². The molecule has 4 fully saturated rings. The molecule has 0 spiro atoms. The second kappa shape index (κ2) is 5.74. The van der Waals surface area contributed by atoms with Crippen molar-refractivity contribution in [2.75, 3.05) is 0 Å². The molecule has 4 rings (SSSR count). The van der Waals surface area contributed by atoms with Crippen LogP contribution in [0.25, 0.3) is 0 Å². The first-order valence-electron chi connectivity index (χ1n) is 9.91. The predicted molar refractivity (Wildman–Crippen MR) is 99.4 cm³/mol. The number of alkyl halides is 1. The zero-order valence-electron chi connectivity index (χ0n) is 15.5. The molecule has 0 radical (unpaired) electrons. The van der Waals surface area contributed by atoms with Crippen molar-refractivity contribution in [2.24, 2.45) is 40.4 Å². The van der Waals surface area contributed by atoms with Crippen LogP contribution >= 0.6 is 15.9 Å². The van der Waals surface area contributed by atoms with Crippen LogP contribution in [0.1, 0.15) is 65.7 Å². The lowest BCUT2D eigenvalue weighted by atomic mass is 9.44. The van der Waals surface area contributed by atoms with Crippen molar-refractivity contribution < 1.29 is 14.4 Å². The molecule has 0 aliphatic heterocycles. The summed E-state index contributed by atoms with van der Waals surface area (Å²) in [5, 5.41) is 0. The summed E-state index contributed by atoms with van der Waals surface area (Å²) in [6.45, 7) is 6.15. The maximum atomic E-state index is 13.6. The topological polar surface area (TPSA) is 51.2 Å². The third kappa shape index (κ3) is 2.25. The van der Waals surface area contributed by atoms with E-state index in [1.165, 1.54) is 0 Å². The van der Waals surface area contributed by atoms with Crippen molar-refractivity contribution in [2.45, 2.75) is 70.5 Å². The van der Waals surface area contributed by atoms with Crippen molar-refractivity contribution in [3.63, 3.8) is 0 Å². The highest BCUT2D eigenvalue weighted by Crippen LogP contribution is 2.67. The molecule has 8 atom stereocenters. The molecule has 1 unspecified atom stereocenters. The van der Waals surface area contributed by atoms with Gasteiger partial charge in [-0.3, -0.25) is 14.4 Å². The molecule has 4 heteroatoms. The fourth-order valence-corrected chi connectivity index (χ4v) is 8.40. The van der Waals surface area contributed by atoms with Crippen LogP contribution in [0.3, 0.4) is 0 Å². The Kier molecular flexibility index (Phi) is 4.11. The maximum Gasteiger partial charge on any atom is 0.150 e. The van der Waals surface area contributed by atoms with Gasteiger partial charge in [0.25, 0.3) is 0 Å². The second-order valence-electron chi connectivity index (χ2n) is 9.64. The minimum absolute atomic E-state index is 0.00485. The number of ketones is 3. The summed E-state index contributed by atoms with van der Waals surface area (Å²) in [4.78, 5) is 37.6. The Labute approximate surface area is 158 Å². The van der Waals surface area contributed by atoms with Crippen LogP contribution in [-0.4, -0.2) is 22.2 Å². The van der Waals surface area contributed by atoms with Crippen LogP contribution in [0.2, 0.25) is 0 Å². The lowest BCUT2D eigenvalue weighted by Crippen LogP contribution is -2.62. The number of Topliss-reactive ketones (excluding diaryl/α,β-unsaturated/α-hetero) is 3. The molecule has 0 aromatic carbocycles. The Morgan fingerprint density at radius 1 is 1.12 bits per heavy atom. The Hall–Kier alpha value is -0.510. The molecule has 0 aromatic rings.